The molecule has 1 aromatic rings. The first-order valence-electron chi connectivity index (χ1n) is 7.37. The van der Waals surface area contributed by atoms with Crippen LogP contribution in [0.1, 0.15) is 37.1 Å². The number of allylic oxidation sites excluding steroid dienone is 1. The molecular formula is C15H27IN4S. The maximum absolute atomic E-state index is 4.53. The SMILES string of the molecule is C/C=C/CCN=C(NCC)NCCc1ncc(CC)s1.I. The van der Waals surface area contributed by atoms with Crippen LogP contribution >= 0.6 is 35.3 Å². The van der Waals surface area contributed by atoms with Gasteiger partial charge in [-0.15, -0.1) is 35.3 Å². The van der Waals surface area contributed by atoms with Crippen LogP contribution in [0.2, 0.25) is 0 Å². The molecule has 0 saturated carbocycles. The van der Waals surface area contributed by atoms with E-state index in [1.54, 1.807) is 11.3 Å². The number of aromatic nitrogens is 1. The third kappa shape index (κ3) is 9.08. The number of aliphatic imine (C=N–C) groups is 1. The van der Waals surface area contributed by atoms with E-state index in [1.807, 2.05) is 13.1 Å². The van der Waals surface area contributed by atoms with Gasteiger partial charge in [-0.25, -0.2) is 4.98 Å². The predicted octanol–water partition coefficient (Wildman–Crippen LogP) is 3.39. The number of hydrogen-bond acceptors (Lipinski definition) is 3. The third-order valence-electron chi connectivity index (χ3n) is 2.73. The number of hydrogen-bond donors (Lipinski definition) is 2. The Labute approximate surface area is 149 Å². The van der Waals surface area contributed by atoms with Gasteiger partial charge in [-0.05, 0) is 26.7 Å². The molecule has 1 aromatic heterocycles. The highest BCUT2D eigenvalue weighted by molar-refractivity contribution is 14.0. The first kappa shape index (κ1) is 20.4. The fourth-order valence-corrected chi connectivity index (χ4v) is 2.54. The normalized spacial score (nSPS) is 11.5. The van der Waals surface area contributed by atoms with E-state index < -0.39 is 0 Å². The Bertz CT molecular complexity index is 429. The van der Waals surface area contributed by atoms with Gasteiger partial charge in [-0.3, -0.25) is 4.99 Å². The van der Waals surface area contributed by atoms with E-state index in [-0.39, 0.29) is 24.0 Å². The molecule has 0 aliphatic rings. The van der Waals surface area contributed by atoms with Crippen LogP contribution in [-0.4, -0.2) is 30.6 Å². The maximum atomic E-state index is 4.53. The van der Waals surface area contributed by atoms with Crippen LogP contribution in [0.5, 0.6) is 0 Å². The van der Waals surface area contributed by atoms with E-state index in [0.717, 1.165) is 44.9 Å². The largest absolute Gasteiger partial charge is 0.357 e. The van der Waals surface area contributed by atoms with Gasteiger partial charge in [0.1, 0.15) is 0 Å². The molecule has 0 saturated heterocycles. The van der Waals surface area contributed by atoms with Gasteiger partial charge >= 0.3 is 0 Å². The average molecular weight is 422 g/mol. The van der Waals surface area contributed by atoms with Gasteiger partial charge in [0.15, 0.2) is 5.96 Å². The standard InChI is InChI=1S/C15H26N4S.HI/c1-4-7-8-10-17-15(16-6-3)18-11-9-14-19-12-13(5-2)20-14;/h4,7,12H,5-6,8-11H2,1-3H3,(H2,16,17,18);1H/b7-4+;. The quantitative estimate of drug-likeness (QED) is 0.222. The number of guanidine groups is 1. The number of thiazole rings is 1. The molecule has 21 heavy (non-hydrogen) atoms. The van der Waals surface area contributed by atoms with E-state index in [1.165, 1.54) is 9.88 Å². The number of aryl methyl sites for hydroxylation is 1. The Morgan fingerprint density at radius 1 is 1.38 bits per heavy atom. The van der Waals surface area contributed by atoms with Gasteiger partial charge in [-0.1, -0.05) is 19.1 Å². The molecule has 120 valence electrons. The van der Waals surface area contributed by atoms with Crippen LogP contribution < -0.4 is 10.6 Å². The van der Waals surface area contributed by atoms with Crippen molar-refractivity contribution < 1.29 is 0 Å². The lowest BCUT2D eigenvalue weighted by Crippen LogP contribution is -2.38. The Balaban J connectivity index is 0.00000400. The minimum Gasteiger partial charge on any atom is -0.357 e. The smallest absolute Gasteiger partial charge is 0.191 e. The lowest BCUT2D eigenvalue weighted by atomic mass is 10.4. The molecular weight excluding hydrogens is 395 g/mol. The Kier molecular flexibility index (Phi) is 12.7. The Morgan fingerprint density at radius 3 is 2.81 bits per heavy atom. The molecule has 4 nitrogen and oxygen atoms in total. The van der Waals surface area contributed by atoms with E-state index in [0.29, 0.717) is 0 Å². The van der Waals surface area contributed by atoms with Crippen molar-refractivity contribution in [3.05, 3.63) is 28.2 Å². The molecule has 0 aromatic carbocycles. The second-order valence-corrected chi connectivity index (χ2v) is 5.57. The van der Waals surface area contributed by atoms with Gasteiger partial charge in [0.2, 0.25) is 0 Å². The number of rotatable bonds is 8. The molecule has 0 aliphatic carbocycles. The predicted molar refractivity (Wildman–Crippen MR) is 104 cm³/mol. The highest BCUT2D eigenvalue weighted by atomic mass is 127. The van der Waals surface area contributed by atoms with Crippen LogP contribution in [0, 0.1) is 0 Å². The lowest BCUT2D eigenvalue weighted by molar-refractivity contribution is 0.796. The molecule has 0 aliphatic heterocycles. The van der Waals surface area contributed by atoms with E-state index in [4.69, 9.17) is 0 Å². The van der Waals surface area contributed by atoms with Crippen LogP contribution in [0.3, 0.4) is 0 Å². The van der Waals surface area contributed by atoms with Crippen molar-refractivity contribution in [1.82, 2.24) is 15.6 Å². The average Bonchev–Trinajstić information content (AvgIpc) is 2.91. The molecule has 0 fully saturated rings. The summed E-state index contributed by atoms with van der Waals surface area (Å²) in [7, 11) is 0. The summed E-state index contributed by atoms with van der Waals surface area (Å²) in [5.74, 6) is 0.893. The zero-order chi connectivity index (χ0) is 14.6. The molecule has 0 radical (unpaired) electrons. The molecule has 0 bridgehead atoms. The summed E-state index contributed by atoms with van der Waals surface area (Å²) in [5.41, 5.74) is 0. The highest BCUT2D eigenvalue weighted by Crippen LogP contribution is 2.13. The van der Waals surface area contributed by atoms with Crippen LogP contribution in [-0.2, 0) is 12.8 Å². The lowest BCUT2D eigenvalue weighted by Gasteiger charge is -2.10. The fraction of sp³-hybridized carbons (Fsp3) is 0.600. The van der Waals surface area contributed by atoms with E-state index in [9.17, 15) is 0 Å². The fourth-order valence-electron chi connectivity index (χ4n) is 1.67. The van der Waals surface area contributed by atoms with Gasteiger partial charge < -0.3 is 10.6 Å². The summed E-state index contributed by atoms with van der Waals surface area (Å²) in [6.07, 6.45) is 9.18. The summed E-state index contributed by atoms with van der Waals surface area (Å²) >= 11 is 1.80. The monoisotopic (exact) mass is 422 g/mol. The summed E-state index contributed by atoms with van der Waals surface area (Å²) in [6.45, 7) is 8.84. The summed E-state index contributed by atoms with van der Waals surface area (Å²) in [5, 5.41) is 7.81. The first-order chi connectivity index (χ1) is 9.80. The maximum Gasteiger partial charge on any atom is 0.191 e. The summed E-state index contributed by atoms with van der Waals surface area (Å²) < 4.78 is 0. The van der Waals surface area contributed by atoms with Crippen molar-refractivity contribution in [2.24, 2.45) is 4.99 Å². The molecule has 1 rings (SSSR count). The second-order valence-electron chi connectivity index (χ2n) is 4.37. The first-order valence-corrected chi connectivity index (χ1v) is 8.18. The van der Waals surface area contributed by atoms with Gasteiger partial charge in [0.25, 0.3) is 0 Å². The zero-order valence-corrected chi connectivity index (χ0v) is 16.3. The molecule has 1 heterocycles. The van der Waals surface area contributed by atoms with Crippen LogP contribution in [0.25, 0.3) is 0 Å². The zero-order valence-electron chi connectivity index (χ0n) is 13.2. The molecule has 2 N–H and O–H groups in total. The van der Waals surface area contributed by atoms with Crippen LogP contribution in [0.15, 0.2) is 23.3 Å². The van der Waals surface area contributed by atoms with Crippen molar-refractivity contribution >= 4 is 41.3 Å². The number of halogens is 1. The van der Waals surface area contributed by atoms with Crippen molar-refractivity contribution in [1.29, 1.82) is 0 Å². The molecule has 6 heteroatoms. The summed E-state index contributed by atoms with van der Waals surface area (Å²) in [6, 6.07) is 0. The van der Waals surface area contributed by atoms with Crippen molar-refractivity contribution in [2.75, 3.05) is 19.6 Å². The molecule has 0 spiro atoms. The molecule has 0 unspecified atom stereocenters. The van der Waals surface area contributed by atoms with Crippen LogP contribution in [0.4, 0.5) is 0 Å². The van der Waals surface area contributed by atoms with Gasteiger partial charge in [-0.2, -0.15) is 0 Å². The minimum atomic E-state index is 0. The van der Waals surface area contributed by atoms with E-state index in [2.05, 4.69) is 46.6 Å². The van der Waals surface area contributed by atoms with Gasteiger partial charge in [0.05, 0.1) is 5.01 Å². The third-order valence-corrected chi connectivity index (χ3v) is 3.93. The summed E-state index contributed by atoms with van der Waals surface area (Å²) in [4.78, 5) is 10.3. The van der Waals surface area contributed by atoms with Crippen molar-refractivity contribution in [3.8, 4) is 0 Å². The number of nitrogens with zero attached hydrogens (tertiary/aromatic N) is 2. The minimum absolute atomic E-state index is 0. The Morgan fingerprint density at radius 2 is 2.19 bits per heavy atom. The molecule has 0 atom stereocenters. The topological polar surface area (TPSA) is 49.3 Å². The highest BCUT2D eigenvalue weighted by Gasteiger charge is 2.01. The van der Waals surface area contributed by atoms with Crippen molar-refractivity contribution in [2.45, 2.75) is 40.0 Å². The molecule has 0 amide bonds. The Hall–Kier alpha value is -0.630. The van der Waals surface area contributed by atoms with Crippen molar-refractivity contribution in [3.63, 3.8) is 0 Å². The van der Waals surface area contributed by atoms with E-state index >= 15 is 0 Å². The van der Waals surface area contributed by atoms with Gasteiger partial charge in [0, 0.05) is 37.1 Å². The number of nitrogens with one attached hydrogen (secondary N) is 2. The second kappa shape index (κ2) is 13.1.